The summed E-state index contributed by atoms with van der Waals surface area (Å²) in [4.78, 5) is 25.1. The largest absolute Gasteiger partial charge is 0.375 e. The van der Waals surface area contributed by atoms with E-state index in [0.29, 0.717) is 16.8 Å². The van der Waals surface area contributed by atoms with Gasteiger partial charge in [-0.1, -0.05) is 54.1 Å². The Morgan fingerprint density at radius 1 is 1.04 bits per heavy atom. The lowest BCUT2D eigenvalue weighted by Crippen LogP contribution is -2.36. The van der Waals surface area contributed by atoms with Crippen LogP contribution >= 0.6 is 0 Å². The first kappa shape index (κ1) is 15.5. The number of hydrogen-bond acceptors (Lipinski definition) is 3. The van der Waals surface area contributed by atoms with Crippen molar-refractivity contribution in [3.8, 4) is 0 Å². The first-order valence-electron chi connectivity index (χ1n) is 8.14. The maximum absolute atomic E-state index is 12.7. The second-order valence-electron chi connectivity index (χ2n) is 6.53. The fourth-order valence-corrected chi connectivity index (χ4v) is 3.33. The number of benzene rings is 3. The van der Waals surface area contributed by atoms with Gasteiger partial charge in [0, 0.05) is 16.8 Å². The maximum atomic E-state index is 12.7. The lowest BCUT2D eigenvalue weighted by Gasteiger charge is -2.20. The summed E-state index contributed by atoms with van der Waals surface area (Å²) in [6.45, 7) is 1.88. The second-order valence-corrected chi connectivity index (χ2v) is 6.53. The predicted molar refractivity (Wildman–Crippen MR) is 96.6 cm³/mol. The van der Waals surface area contributed by atoms with Gasteiger partial charge in [0.1, 0.15) is 0 Å². The van der Waals surface area contributed by atoms with E-state index in [0.717, 1.165) is 16.3 Å². The molecule has 1 aliphatic rings. The van der Waals surface area contributed by atoms with Crippen molar-refractivity contribution in [1.82, 2.24) is 0 Å². The summed E-state index contributed by atoms with van der Waals surface area (Å²) < 4.78 is 0. The molecule has 0 saturated heterocycles. The van der Waals surface area contributed by atoms with E-state index >= 15 is 0 Å². The summed E-state index contributed by atoms with van der Waals surface area (Å²) in [7, 11) is 0. The van der Waals surface area contributed by atoms with Crippen molar-refractivity contribution >= 4 is 28.2 Å². The van der Waals surface area contributed by atoms with Gasteiger partial charge in [0.25, 0.3) is 5.91 Å². The van der Waals surface area contributed by atoms with Gasteiger partial charge in [0.15, 0.2) is 11.4 Å². The van der Waals surface area contributed by atoms with Crippen LogP contribution in [0.3, 0.4) is 0 Å². The summed E-state index contributed by atoms with van der Waals surface area (Å²) >= 11 is 0. The topological polar surface area (TPSA) is 66.4 Å². The van der Waals surface area contributed by atoms with Gasteiger partial charge in [-0.2, -0.15) is 0 Å². The summed E-state index contributed by atoms with van der Waals surface area (Å²) in [6.07, 6.45) is -0.284. The van der Waals surface area contributed by atoms with E-state index in [1.165, 1.54) is 0 Å². The fraction of sp³-hybridized carbons (Fsp3) is 0.143. The van der Waals surface area contributed by atoms with Crippen molar-refractivity contribution < 1.29 is 14.7 Å². The van der Waals surface area contributed by atoms with Crippen molar-refractivity contribution in [3.05, 3.63) is 77.4 Å². The van der Waals surface area contributed by atoms with Crippen LogP contribution in [0.5, 0.6) is 0 Å². The van der Waals surface area contributed by atoms with Crippen LogP contribution in [0.4, 0.5) is 5.69 Å². The molecule has 4 nitrogen and oxygen atoms in total. The van der Waals surface area contributed by atoms with E-state index < -0.39 is 11.5 Å². The lowest BCUT2D eigenvalue weighted by molar-refractivity contribution is -0.133. The van der Waals surface area contributed by atoms with E-state index in [2.05, 4.69) is 5.32 Å². The normalized spacial score (nSPS) is 18.9. The number of carbonyl (C=O) groups is 2. The molecule has 4 rings (SSSR count). The molecule has 2 N–H and O–H groups in total. The summed E-state index contributed by atoms with van der Waals surface area (Å²) in [5, 5.41) is 15.6. The summed E-state index contributed by atoms with van der Waals surface area (Å²) in [5.74, 6) is -0.819. The fourth-order valence-electron chi connectivity index (χ4n) is 3.33. The van der Waals surface area contributed by atoms with Crippen LogP contribution in [-0.4, -0.2) is 16.8 Å². The van der Waals surface area contributed by atoms with E-state index in [1.807, 2.05) is 43.3 Å². The highest BCUT2D eigenvalue weighted by atomic mass is 16.3. The van der Waals surface area contributed by atoms with Crippen molar-refractivity contribution in [2.75, 3.05) is 5.32 Å². The molecule has 0 unspecified atom stereocenters. The van der Waals surface area contributed by atoms with Crippen LogP contribution in [0.15, 0.2) is 60.7 Å². The molecule has 124 valence electrons. The highest BCUT2D eigenvalue weighted by molar-refractivity contribution is 6.10. The number of ketones is 1. The third kappa shape index (κ3) is 2.51. The number of Topliss-reactive ketones (excluding diaryl/α,β-unsaturated/α-hetero) is 1. The van der Waals surface area contributed by atoms with Crippen LogP contribution in [-0.2, 0) is 10.4 Å². The Kier molecular flexibility index (Phi) is 3.44. The summed E-state index contributed by atoms with van der Waals surface area (Å²) in [6, 6.07) is 18.5. The Bertz CT molecular complexity index is 1020. The third-order valence-electron chi connectivity index (χ3n) is 4.73. The zero-order valence-corrected chi connectivity index (χ0v) is 13.7. The Balaban J connectivity index is 1.70. The SMILES string of the molecule is Cc1ccc2c(c1)[C@](O)(CC(=O)c1ccc3ccccc3c1)C(=O)N2. The molecule has 0 saturated carbocycles. The smallest absolute Gasteiger partial charge is 0.261 e. The minimum atomic E-state index is -1.83. The van der Waals surface area contributed by atoms with Crippen molar-refractivity contribution in [1.29, 1.82) is 0 Å². The van der Waals surface area contributed by atoms with Crippen LogP contribution in [0, 0.1) is 6.92 Å². The van der Waals surface area contributed by atoms with Gasteiger partial charge < -0.3 is 10.4 Å². The van der Waals surface area contributed by atoms with Crippen LogP contribution in [0.25, 0.3) is 10.8 Å². The number of aliphatic hydroxyl groups is 1. The number of anilines is 1. The van der Waals surface area contributed by atoms with Gasteiger partial charge in [0.05, 0.1) is 6.42 Å². The number of hydrogen-bond donors (Lipinski definition) is 2. The van der Waals surface area contributed by atoms with Crippen molar-refractivity contribution in [2.24, 2.45) is 0 Å². The molecule has 1 atom stereocenters. The summed E-state index contributed by atoms with van der Waals surface area (Å²) in [5.41, 5.74) is 0.605. The molecular weight excluding hydrogens is 314 g/mol. The van der Waals surface area contributed by atoms with Gasteiger partial charge in [-0.15, -0.1) is 0 Å². The monoisotopic (exact) mass is 331 g/mol. The predicted octanol–water partition coefficient (Wildman–Crippen LogP) is 3.56. The molecule has 4 heteroatoms. The molecule has 3 aromatic rings. The molecule has 1 amide bonds. The minimum absolute atomic E-state index is 0.266. The molecule has 1 aliphatic heterocycles. The quantitative estimate of drug-likeness (QED) is 0.721. The van der Waals surface area contributed by atoms with Gasteiger partial charge in [-0.05, 0) is 29.8 Å². The van der Waals surface area contributed by atoms with E-state index in [4.69, 9.17) is 0 Å². The number of rotatable bonds is 3. The van der Waals surface area contributed by atoms with Gasteiger partial charge in [0.2, 0.25) is 0 Å². The lowest BCUT2D eigenvalue weighted by atomic mass is 9.87. The molecule has 0 aliphatic carbocycles. The minimum Gasteiger partial charge on any atom is -0.375 e. The number of amides is 1. The molecule has 3 aromatic carbocycles. The number of nitrogens with one attached hydrogen (secondary N) is 1. The van der Waals surface area contributed by atoms with Crippen LogP contribution in [0.2, 0.25) is 0 Å². The average molecular weight is 331 g/mol. The first-order chi connectivity index (χ1) is 12.0. The van der Waals surface area contributed by atoms with Gasteiger partial charge in [-0.25, -0.2) is 0 Å². The second kappa shape index (κ2) is 5.53. The van der Waals surface area contributed by atoms with Crippen molar-refractivity contribution in [3.63, 3.8) is 0 Å². The van der Waals surface area contributed by atoms with Crippen LogP contribution < -0.4 is 5.32 Å². The molecule has 0 aromatic heterocycles. The maximum Gasteiger partial charge on any atom is 0.261 e. The van der Waals surface area contributed by atoms with Crippen LogP contribution in [0.1, 0.15) is 27.9 Å². The van der Waals surface area contributed by atoms with Gasteiger partial charge >= 0.3 is 0 Å². The van der Waals surface area contributed by atoms with E-state index in [-0.39, 0.29) is 12.2 Å². The zero-order valence-electron chi connectivity index (χ0n) is 13.7. The molecule has 0 fully saturated rings. The number of fused-ring (bicyclic) bond motifs is 2. The zero-order chi connectivity index (χ0) is 17.6. The Morgan fingerprint density at radius 2 is 1.80 bits per heavy atom. The molecular formula is C21H17NO3. The first-order valence-corrected chi connectivity index (χ1v) is 8.14. The van der Waals surface area contributed by atoms with Gasteiger partial charge in [-0.3, -0.25) is 9.59 Å². The Labute approximate surface area is 145 Å². The third-order valence-corrected chi connectivity index (χ3v) is 4.73. The average Bonchev–Trinajstić information content (AvgIpc) is 2.85. The highest BCUT2D eigenvalue weighted by Gasteiger charge is 2.46. The standard InChI is InChI=1S/C21H17NO3/c1-13-6-9-18-17(10-13)21(25,20(24)22-18)12-19(23)16-8-7-14-4-2-3-5-15(14)11-16/h2-11,25H,12H2,1H3,(H,22,24)/t21-/m1/s1. The number of carbonyl (C=O) groups excluding carboxylic acids is 2. The molecule has 0 bridgehead atoms. The highest BCUT2D eigenvalue weighted by Crippen LogP contribution is 2.39. The molecule has 0 radical (unpaired) electrons. The Morgan fingerprint density at radius 3 is 2.60 bits per heavy atom. The number of aryl methyl sites for hydroxylation is 1. The van der Waals surface area contributed by atoms with E-state index in [9.17, 15) is 14.7 Å². The molecule has 25 heavy (non-hydrogen) atoms. The molecule has 1 heterocycles. The Hall–Kier alpha value is -2.98. The molecule has 0 spiro atoms. The van der Waals surface area contributed by atoms with Crippen molar-refractivity contribution in [2.45, 2.75) is 18.9 Å². The van der Waals surface area contributed by atoms with E-state index in [1.54, 1.807) is 24.3 Å².